The van der Waals surface area contributed by atoms with Crippen molar-refractivity contribution in [2.75, 3.05) is 30.3 Å². The minimum absolute atomic E-state index is 0.245. The molecule has 41 heavy (non-hydrogen) atoms. The van der Waals surface area contributed by atoms with Crippen molar-refractivity contribution < 1.29 is 23.1 Å². The average Bonchev–Trinajstić information content (AvgIpc) is 3.07. The molecule has 0 saturated heterocycles. The van der Waals surface area contributed by atoms with Gasteiger partial charge in [-0.15, -0.1) is 13.2 Å². The van der Waals surface area contributed by atoms with Crippen molar-refractivity contribution in [1.82, 2.24) is 4.72 Å². The molecule has 1 aliphatic heterocycles. The highest BCUT2D eigenvalue weighted by molar-refractivity contribution is 7.90. The number of rotatable bonds is 10. The van der Waals surface area contributed by atoms with Crippen LogP contribution in [0.15, 0.2) is 61.7 Å². The Bertz CT molecular complexity index is 1430. The number of aryl methyl sites for hydroxylation is 1. The Kier molecular flexibility index (Phi) is 8.83. The van der Waals surface area contributed by atoms with Crippen LogP contribution in [0, 0.1) is 11.8 Å². The third kappa shape index (κ3) is 6.50. The van der Waals surface area contributed by atoms with E-state index in [1.165, 1.54) is 17.2 Å². The molecule has 1 heterocycles. The fourth-order valence-corrected chi connectivity index (χ4v) is 7.69. The number of hydrogen-bond donors (Lipinski definition) is 2. The number of halogens is 1. The number of amides is 1. The number of sulfonamides is 1. The molecule has 2 aromatic rings. The summed E-state index contributed by atoms with van der Waals surface area (Å²) >= 11 is 6.37. The van der Waals surface area contributed by atoms with Crippen molar-refractivity contribution in [3.63, 3.8) is 0 Å². The Morgan fingerprint density at radius 1 is 1.22 bits per heavy atom. The molecule has 5 rings (SSSR count). The van der Waals surface area contributed by atoms with E-state index in [2.05, 4.69) is 34.9 Å². The van der Waals surface area contributed by atoms with Crippen LogP contribution in [-0.4, -0.2) is 51.0 Å². The zero-order chi connectivity index (χ0) is 29.2. The molecule has 2 aliphatic carbocycles. The minimum atomic E-state index is -3.82. The number of nitrogens with one attached hydrogen (secondary N) is 1. The first-order chi connectivity index (χ1) is 19.6. The summed E-state index contributed by atoms with van der Waals surface area (Å²) < 4.78 is 33.2. The van der Waals surface area contributed by atoms with Crippen LogP contribution in [0.4, 0.5) is 5.69 Å². The lowest BCUT2D eigenvalue weighted by Crippen LogP contribution is -2.48. The summed E-state index contributed by atoms with van der Waals surface area (Å²) in [5, 5.41) is 10.8. The quantitative estimate of drug-likeness (QED) is 0.355. The first-order valence-corrected chi connectivity index (χ1v) is 16.4. The highest BCUT2D eigenvalue weighted by atomic mass is 35.5. The van der Waals surface area contributed by atoms with Gasteiger partial charge in [-0.3, -0.25) is 4.79 Å². The summed E-state index contributed by atoms with van der Waals surface area (Å²) in [7, 11) is -3.82. The van der Waals surface area contributed by atoms with Crippen LogP contribution in [0.25, 0.3) is 0 Å². The van der Waals surface area contributed by atoms with Crippen molar-refractivity contribution in [2.45, 2.75) is 56.5 Å². The summed E-state index contributed by atoms with van der Waals surface area (Å²) in [4.78, 5) is 15.3. The fourth-order valence-electron chi connectivity index (χ4n) is 6.70. The average molecular weight is 599 g/mol. The maximum absolute atomic E-state index is 13.0. The van der Waals surface area contributed by atoms with Crippen LogP contribution in [0.2, 0.25) is 5.02 Å². The van der Waals surface area contributed by atoms with Gasteiger partial charge < -0.3 is 14.7 Å². The molecule has 0 aromatic heterocycles. The van der Waals surface area contributed by atoms with Crippen LogP contribution >= 0.6 is 11.6 Å². The molecule has 7 nitrogen and oxygen atoms in total. The Labute approximate surface area is 248 Å². The lowest BCUT2D eigenvalue weighted by molar-refractivity contribution is 0.0981. The predicted octanol–water partition coefficient (Wildman–Crippen LogP) is 5.41. The summed E-state index contributed by atoms with van der Waals surface area (Å²) in [5.41, 5.74) is 3.33. The van der Waals surface area contributed by atoms with E-state index in [0.717, 1.165) is 55.8 Å². The first kappa shape index (κ1) is 29.7. The van der Waals surface area contributed by atoms with Gasteiger partial charge in [-0.25, -0.2) is 13.1 Å². The van der Waals surface area contributed by atoms with Gasteiger partial charge in [-0.05, 0) is 98.2 Å². The van der Waals surface area contributed by atoms with E-state index in [1.807, 2.05) is 6.07 Å². The number of aliphatic hydroxyl groups is 1. The molecule has 4 atom stereocenters. The second-order valence-electron chi connectivity index (χ2n) is 11.8. The number of fused-ring (bicyclic) bond motifs is 3. The number of carbonyl (C=O) groups is 1. The zero-order valence-electron chi connectivity index (χ0n) is 23.4. The van der Waals surface area contributed by atoms with Gasteiger partial charge in [0.25, 0.3) is 5.91 Å². The number of carbonyl (C=O) groups excluding carboxylic acids is 1. The van der Waals surface area contributed by atoms with E-state index >= 15 is 0 Å². The topological polar surface area (TPSA) is 95.9 Å². The SMILES string of the molecule is C=CCS(=O)(=O)NC(=O)c1ccc2c(c1)N(C[C@@H]1CC[C@H]1CC[C@H](O)C=C)CC1(CCCc3cc(Cl)ccc31)CO2. The Hall–Kier alpha value is -2.81. The number of ether oxygens (including phenoxy) is 1. The van der Waals surface area contributed by atoms with E-state index in [9.17, 15) is 18.3 Å². The maximum atomic E-state index is 13.0. The van der Waals surface area contributed by atoms with Gasteiger partial charge in [-0.2, -0.15) is 0 Å². The first-order valence-electron chi connectivity index (χ1n) is 14.4. The molecule has 220 valence electrons. The smallest absolute Gasteiger partial charge is 0.264 e. The van der Waals surface area contributed by atoms with E-state index in [4.69, 9.17) is 16.3 Å². The zero-order valence-corrected chi connectivity index (χ0v) is 24.9. The van der Waals surface area contributed by atoms with Crippen molar-refractivity contribution in [2.24, 2.45) is 11.8 Å². The van der Waals surface area contributed by atoms with Crippen LogP contribution in [0.1, 0.15) is 60.0 Å². The lowest BCUT2D eigenvalue weighted by atomic mass is 9.68. The summed E-state index contributed by atoms with van der Waals surface area (Å²) in [6, 6.07) is 11.3. The number of hydrogen-bond acceptors (Lipinski definition) is 6. The predicted molar refractivity (Wildman–Crippen MR) is 163 cm³/mol. The third-order valence-electron chi connectivity index (χ3n) is 9.02. The highest BCUT2D eigenvalue weighted by Crippen LogP contribution is 2.46. The molecule has 1 saturated carbocycles. The number of benzene rings is 2. The molecular weight excluding hydrogens is 560 g/mol. The molecule has 1 unspecified atom stereocenters. The van der Waals surface area contributed by atoms with E-state index in [0.29, 0.717) is 37.2 Å². The van der Waals surface area contributed by atoms with Gasteiger partial charge in [-0.1, -0.05) is 29.8 Å². The van der Waals surface area contributed by atoms with E-state index in [1.54, 1.807) is 24.3 Å². The van der Waals surface area contributed by atoms with Crippen molar-refractivity contribution in [1.29, 1.82) is 0 Å². The van der Waals surface area contributed by atoms with Crippen molar-refractivity contribution in [3.8, 4) is 5.75 Å². The maximum Gasteiger partial charge on any atom is 0.264 e. The number of anilines is 1. The Morgan fingerprint density at radius 3 is 2.76 bits per heavy atom. The molecule has 1 amide bonds. The van der Waals surface area contributed by atoms with Gasteiger partial charge >= 0.3 is 0 Å². The van der Waals surface area contributed by atoms with Crippen LogP contribution in [0.3, 0.4) is 0 Å². The van der Waals surface area contributed by atoms with E-state index in [-0.39, 0.29) is 16.7 Å². The number of aliphatic hydroxyl groups excluding tert-OH is 1. The summed E-state index contributed by atoms with van der Waals surface area (Å²) in [6.07, 6.45) is 9.19. The molecule has 0 radical (unpaired) electrons. The molecule has 2 aromatic carbocycles. The highest BCUT2D eigenvalue weighted by Gasteiger charge is 2.43. The molecular formula is C32H39ClN2O5S. The van der Waals surface area contributed by atoms with Gasteiger partial charge in [0.1, 0.15) is 5.75 Å². The van der Waals surface area contributed by atoms with Crippen LogP contribution < -0.4 is 14.4 Å². The van der Waals surface area contributed by atoms with Gasteiger partial charge in [0, 0.05) is 29.1 Å². The van der Waals surface area contributed by atoms with Gasteiger partial charge in [0.2, 0.25) is 10.0 Å². The van der Waals surface area contributed by atoms with Crippen molar-refractivity contribution >= 4 is 33.2 Å². The molecule has 3 aliphatic rings. The molecule has 0 bridgehead atoms. The number of nitrogens with zero attached hydrogens (tertiary/aromatic N) is 1. The third-order valence-corrected chi connectivity index (χ3v) is 10.4. The van der Waals surface area contributed by atoms with E-state index < -0.39 is 22.0 Å². The Balaban J connectivity index is 1.48. The van der Waals surface area contributed by atoms with Crippen LogP contribution in [0.5, 0.6) is 5.75 Å². The fraction of sp³-hybridized carbons (Fsp3) is 0.469. The second kappa shape index (κ2) is 12.2. The van der Waals surface area contributed by atoms with Gasteiger partial charge in [0.15, 0.2) is 0 Å². The standard InChI is InChI=1S/C32H39ClN2O5S/c1-3-16-41(38,39)34-31(37)24-10-14-30-29(18-24)35(19-25-8-7-22(25)9-12-27(36)4-2)20-32(21-40-30)15-5-6-23-17-26(33)11-13-28(23)32/h3-4,10-11,13-14,17-18,22,25,27,36H,1-2,5-9,12,15-16,19-21H2,(H,34,37)/t22-,25-,27+,32?/m0/s1. The lowest BCUT2D eigenvalue weighted by Gasteiger charge is -2.44. The Morgan fingerprint density at radius 2 is 2.02 bits per heavy atom. The van der Waals surface area contributed by atoms with Crippen molar-refractivity contribution in [3.05, 3.63) is 83.4 Å². The molecule has 1 fully saturated rings. The minimum Gasteiger partial charge on any atom is -0.490 e. The van der Waals surface area contributed by atoms with Gasteiger partial charge in [0.05, 0.1) is 24.2 Å². The molecule has 2 N–H and O–H groups in total. The molecule has 1 spiro atoms. The normalized spacial score (nSPS) is 24.2. The second-order valence-corrected chi connectivity index (χ2v) is 14.0. The molecule has 9 heteroatoms. The van der Waals surface area contributed by atoms with Crippen LogP contribution in [-0.2, 0) is 21.9 Å². The summed E-state index contributed by atoms with van der Waals surface area (Å²) in [6.45, 7) is 9.17. The monoisotopic (exact) mass is 598 g/mol. The summed E-state index contributed by atoms with van der Waals surface area (Å²) in [5.74, 6) is 0.613. The largest absolute Gasteiger partial charge is 0.490 e.